The molecule has 0 aliphatic rings. The molecule has 0 bridgehead atoms. The van der Waals surface area contributed by atoms with E-state index in [2.05, 4.69) is 15.6 Å². The summed E-state index contributed by atoms with van der Waals surface area (Å²) in [5.74, 6) is 2.09. The predicted octanol–water partition coefficient (Wildman–Crippen LogP) is 4.56. The molecule has 2 N–H and O–H groups in total. The van der Waals surface area contributed by atoms with Crippen molar-refractivity contribution in [2.24, 2.45) is 0 Å². The fraction of sp³-hybridized carbons (Fsp3) is 0.192. The van der Waals surface area contributed by atoms with Crippen LogP contribution in [0, 0.1) is 0 Å². The fourth-order valence-electron chi connectivity index (χ4n) is 3.64. The van der Waals surface area contributed by atoms with E-state index in [1.165, 1.54) is 0 Å². The van der Waals surface area contributed by atoms with Gasteiger partial charge in [0.05, 0.1) is 23.9 Å². The molecule has 0 aliphatic heterocycles. The van der Waals surface area contributed by atoms with Crippen LogP contribution in [0.3, 0.4) is 0 Å². The number of aromatic nitrogens is 2. The van der Waals surface area contributed by atoms with Crippen molar-refractivity contribution in [1.29, 1.82) is 0 Å². The van der Waals surface area contributed by atoms with Crippen molar-refractivity contribution in [2.75, 3.05) is 30.6 Å². The van der Waals surface area contributed by atoms with Crippen molar-refractivity contribution in [3.8, 4) is 11.5 Å². The Morgan fingerprint density at radius 3 is 2.34 bits per heavy atom. The third kappa shape index (κ3) is 6.13. The molecule has 1 heterocycles. The molecule has 0 fully saturated rings. The maximum Gasteiger partial charge on any atom is 0.262 e. The molecule has 8 nitrogen and oxygen atoms in total. The number of thioether (sulfide) groups is 1. The summed E-state index contributed by atoms with van der Waals surface area (Å²) in [6, 6.07) is 21.9. The number of benzene rings is 3. The van der Waals surface area contributed by atoms with Crippen LogP contribution >= 0.6 is 11.8 Å². The van der Waals surface area contributed by atoms with Crippen LogP contribution in [-0.2, 0) is 21.9 Å². The second kappa shape index (κ2) is 11.4. The number of ether oxygens (including phenoxy) is 2. The van der Waals surface area contributed by atoms with Crippen LogP contribution in [0.2, 0.25) is 0 Å². The lowest BCUT2D eigenvalue weighted by atomic mass is 10.2. The molecule has 0 aliphatic carbocycles. The Morgan fingerprint density at radius 1 is 0.914 bits per heavy atom. The number of imidazole rings is 1. The monoisotopic (exact) mass is 490 g/mol. The van der Waals surface area contributed by atoms with Gasteiger partial charge < -0.3 is 24.7 Å². The summed E-state index contributed by atoms with van der Waals surface area (Å²) in [5.41, 5.74) is 2.91. The number of hydrogen-bond donors (Lipinski definition) is 2. The molecule has 35 heavy (non-hydrogen) atoms. The van der Waals surface area contributed by atoms with Gasteiger partial charge in [0.25, 0.3) is 5.91 Å². The highest BCUT2D eigenvalue weighted by Gasteiger charge is 2.14. The van der Waals surface area contributed by atoms with E-state index in [4.69, 9.17) is 9.47 Å². The van der Waals surface area contributed by atoms with Crippen LogP contribution in [0.4, 0.5) is 11.4 Å². The zero-order chi connectivity index (χ0) is 24.6. The third-order valence-corrected chi connectivity index (χ3v) is 5.71. The molecule has 1 aromatic heterocycles. The molecule has 4 aromatic rings. The number of anilines is 2. The van der Waals surface area contributed by atoms with Crippen molar-refractivity contribution in [1.82, 2.24) is 9.55 Å². The quantitative estimate of drug-likeness (QED) is 0.338. The van der Waals surface area contributed by atoms with Crippen LogP contribution in [0.1, 0.15) is 5.82 Å². The van der Waals surface area contributed by atoms with E-state index in [0.717, 1.165) is 16.9 Å². The Morgan fingerprint density at radius 2 is 1.60 bits per heavy atom. The number of nitrogens with zero attached hydrogens (tertiary/aromatic N) is 2. The molecule has 9 heteroatoms. The second-order valence-corrected chi connectivity index (χ2v) is 8.52. The van der Waals surface area contributed by atoms with Gasteiger partial charge in [-0.25, -0.2) is 4.98 Å². The van der Waals surface area contributed by atoms with Gasteiger partial charge >= 0.3 is 0 Å². The smallest absolute Gasteiger partial charge is 0.262 e. The number of para-hydroxylation sites is 4. The Bertz CT molecular complexity index is 1340. The first-order chi connectivity index (χ1) is 17.1. The number of amides is 2. The Balaban J connectivity index is 1.38. The van der Waals surface area contributed by atoms with E-state index in [9.17, 15) is 9.59 Å². The Hall–Kier alpha value is -3.98. The van der Waals surface area contributed by atoms with E-state index in [-0.39, 0.29) is 25.0 Å². The summed E-state index contributed by atoms with van der Waals surface area (Å²) < 4.78 is 12.7. The molecular weight excluding hydrogens is 464 g/mol. The predicted molar refractivity (Wildman–Crippen MR) is 139 cm³/mol. The van der Waals surface area contributed by atoms with Crippen molar-refractivity contribution >= 4 is 46.0 Å². The SMILES string of the molecule is COc1ccccc1OCC(=O)Nc1cccc(NC(=O)Cn2c(CSC)nc3ccccc32)c1. The Kier molecular flexibility index (Phi) is 7.89. The second-order valence-electron chi connectivity index (χ2n) is 7.65. The number of nitrogens with one attached hydrogen (secondary N) is 2. The van der Waals surface area contributed by atoms with Crippen molar-refractivity contribution in [2.45, 2.75) is 12.3 Å². The minimum atomic E-state index is -0.328. The van der Waals surface area contributed by atoms with E-state index in [1.54, 1.807) is 61.3 Å². The summed E-state index contributed by atoms with van der Waals surface area (Å²) >= 11 is 1.65. The number of fused-ring (bicyclic) bond motifs is 1. The van der Waals surface area contributed by atoms with Gasteiger partial charge in [0, 0.05) is 11.4 Å². The first-order valence-electron chi connectivity index (χ1n) is 11.0. The van der Waals surface area contributed by atoms with Crippen LogP contribution in [0.15, 0.2) is 72.8 Å². The maximum atomic E-state index is 12.8. The first kappa shape index (κ1) is 24.2. The van der Waals surface area contributed by atoms with E-state index >= 15 is 0 Å². The minimum Gasteiger partial charge on any atom is -0.493 e. The van der Waals surface area contributed by atoms with Gasteiger partial charge in [-0.1, -0.05) is 30.3 Å². The molecule has 0 atom stereocenters. The van der Waals surface area contributed by atoms with Crippen LogP contribution in [0.5, 0.6) is 11.5 Å². The topological polar surface area (TPSA) is 94.5 Å². The van der Waals surface area contributed by atoms with Gasteiger partial charge in [-0.05, 0) is 48.7 Å². The van der Waals surface area contributed by atoms with E-state index < -0.39 is 0 Å². The lowest BCUT2D eigenvalue weighted by Crippen LogP contribution is -2.21. The normalized spacial score (nSPS) is 10.7. The Labute approximate surface area is 207 Å². The largest absolute Gasteiger partial charge is 0.493 e. The van der Waals surface area contributed by atoms with Crippen molar-refractivity contribution in [3.05, 3.63) is 78.6 Å². The summed E-state index contributed by atoms with van der Waals surface area (Å²) in [4.78, 5) is 29.9. The first-order valence-corrected chi connectivity index (χ1v) is 12.4. The van der Waals surface area contributed by atoms with E-state index in [0.29, 0.717) is 28.6 Å². The van der Waals surface area contributed by atoms with Gasteiger partial charge in [0.2, 0.25) is 5.91 Å². The average molecular weight is 491 g/mol. The summed E-state index contributed by atoms with van der Waals surface area (Å²) in [6.07, 6.45) is 2.00. The molecule has 4 rings (SSSR count). The van der Waals surface area contributed by atoms with Gasteiger partial charge in [0.15, 0.2) is 18.1 Å². The standard InChI is InChI=1S/C26H26N4O4S/c1-33-22-12-5-6-13-23(22)34-16-26(32)28-19-9-7-8-18(14-19)27-25(31)15-30-21-11-4-3-10-20(21)29-24(30)17-35-2/h3-14H,15-17H2,1-2H3,(H,27,31)(H,28,32). The third-order valence-electron chi connectivity index (χ3n) is 5.17. The molecule has 3 aromatic carbocycles. The number of carbonyl (C=O) groups excluding carboxylic acids is 2. The van der Waals surface area contributed by atoms with Crippen LogP contribution in [0.25, 0.3) is 11.0 Å². The van der Waals surface area contributed by atoms with Crippen LogP contribution < -0.4 is 20.1 Å². The zero-order valence-corrected chi connectivity index (χ0v) is 20.3. The summed E-state index contributed by atoms with van der Waals surface area (Å²) in [5, 5.41) is 5.69. The number of rotatable bonds is 10. The lowest BCUT2D eigenvalue weighted by molar-refractivity contribution is -0.118. The molecule has 0 saturated heterocycles. The minimum absolute atomic E-state index is 0.139. The molecule has 2 amide bonds. The van der Waals surface area contributed by atoms with Gasteiger partial charge in [-0.3, -0.25) is 9.59 Å². The van der Waals surface area contributed by atoms with Gasteiger partial charge in [-0.15, -0.1) is 0 Å². The molecule has 0 radical (unpaired) electrons. The summed E-state index contributed by atoms with van der Waals surface area (Å²) in [7, 11) is 1.54. The van der Waals surface area contributed by atoms with E-state index in [1.807, 2.05) is 41.2 Å². The summed E-state index contributed by atoms with van der Waals surface area (Å²) in [6.45, 7) is -0.0391. The highest BCUT2D eigenvalue weighted by molar-refractivity contribution is 7.97. The number of hydrogen-bond acceptors (Lipinski definition) is 6. The number of methoxy groups -OCH3 is 1. The molecule has 0 spiro atoms. The van der Waals surface area contributed by atoms with Gasteiger partial charge in [-0.2, -0.15) is 11.8 Å². The molecule has 180 valence electrons. The lowest BCUT2D eigenvalue weighted by Gasteiger charge is -2.12. The zero-order valence-electron chi connectivity index (χ0n) is 19.5. The average Bonchev–Trinajstić information content (AvgIpc) is 3.20. The number of carbonyl (C=O) groups is 2. The van der Waals surface area contributed by atoms with Gasteiger partial charge in [0.1, 0.15) is 12.4 Å². The van der Waals surface area contributed by atoms with Crippen molar-refractivity contribution in [3.63, 3.8) is 0 Å². The fourth-order valence-corrected chi connectivity index (χ4v) is 4.12. The van der Waals surface area contributed by atoms with Crippen molar-refractivity contribution < 1.29 is 19.1 Å². The highest BCUT2D eigenvalue weighted by atomic mass is 32.2. The molecule has 0 unspecified atom stereocenters. The highest BCUT2D eigenvalue weighted by Crippen LogP contribution is 2.26. The molecule has 0 saturated carbocycles. The molecular formula is C26H26N4O4S. The van der Waals surface area contributed by atoms with Crippen LogP contribution in [-0.4, -0.2) is 41.3 Å². The maximum absolute atomic E-state index is 12.8.